The summed E-state index contributed by atoms with van der Waals surface area (Å²) in [7, 11) is 0. The molecule has 0 saturated carbocycles. The van der Waals surface area contributed by atoms with Gasteiger partial charge in [0.2, 0.25) is 5.91 Å². The highest BCUT2D eigenvalue weighted by Gasteiger charge is 2.15. The van der Waals surface area contributed by atoms with Crippen LogP contribution in [0.1, 0.15) is 44.3 Å². The summed E-state index contributed by atoms with van der Waals surface area (Å²) in [6.45, 7) is 3.22. The molecule has 6 nitrogen and oxygen atoms in total. The van der Waals surface area contributed by atoms with Gasteiger partial charge in [0.25, 0.3) is 0 Å². The van der Waals surface area contributed by atoms with E-state index in [0.717, 1.165) is 31.0 Å². The summed E-state index contributed by atoms with van der Waals surface area (Å²) in [5.74, 6) is 1.87. The highest BCUT2D eigenvalue weighted by atomic mass is 35.5. The number of nitrogens with two attached hydrogens (primary N) is 1. The number of nitrogens with one attached hydrogen (secondary N) is 1. The molecule has 0 saturated heterocycles. The van der Waals surface area contributed by atoms with E-state index < -0.39 is 0 Å². The van der Waals surface area contributed by atoms with E-state index >= 15 is 0 Å². The molecule has 20 heavy (non-hydrogen) atoms. The number of carbonyl (C=O) groups is 1. The number of amides is 1. The van der Waals surface area contributed by atoms with Crippen molar-refractivity contribution in [2.45, 2.75) is 58.2 Å². The molecule has 8 heteroatoms. The van der Waals surface area contributed by atoms with E-state index in [0.29, 0.717) is 13.0 Å². The van der Waals surface area contributed by atoms with E-state index in [1.165, 1.54) is 12.8 Å². The monoisotopic (exact) mass is 323 g/mol. The van der Waals surface area contributed by atoms with E-state index in [9.17, 15) is 4.79 Å². The highest BCUT2D eigenvalue weighted by molar-refractivity contribution is 5.85. The zero-order valence-corrected chi connectivity index (χ0v) is 13.3. The Morgan fingerprint density at radius 2 is 2.10 bits per heavy atom. The van der Waals surface area contributed by atoms with Crippen molar-refractivity contribution >= 4 is 30.7 Å². The van der Waals surface area contributed by atoms with Gasteiger partial charge in [-0.05, 0) is 19.8 Å². The van der Waals surface area contributed by atoms with Gasteiger partial charge >= 0.3 is 0 Å². The van der Waals surface area contributed by atoms with Crippen LogP contribution in [0.2, 0.25) is 0 Å². The van der Waals surface area contributed by atoms with E-state index in [4.69, 9.17) is 5.73 Å². The molecule has 2 rings (SSSR count). The zero-order chi connectivity index (χ0) is 13.0. The maximum absolute atomic E-state index is 11.5. The molecule has 1 atom stereocenters. The topological polar surface area (TPSA) is 85.8 Å². The Labute approximate surface area is 131 Å². The molecule has 0 bridgehead atoms. The molecule has 0 aromatic carbocycles. The van der Waals surface area contributed by atoms with Crippen molar-refractivity contribution in [2.24, 2.45) is 5.73 Å². The van der Waals surface area contributed by atoms with E-state index in [-0.39, 0.29) is 36.8 Å². The number of nitrogens with zero attached hydrogens (tertiary/aromatic N) is 3. The number of carbonyl (C=O) groups excluding carboxylic acids is 1. The molecular weight excluding hydrogens is 301 g/mol. The minimum absolute atomic E-state index is 0. The summed E-state index contributed by atoms with van der Waals surface area (Å²) in [6.07, 6.45) is 4.91. The lowest BCUT2D eigenvalue weighted by Gasteiger charge is -2.09. The average Bonchev–Trinajstić information content (AvgIpc) is 2.54. The number of hydrogen-bond acceptors (Lipinski definition) is 4. The minimum Gasteiger partial charge on any atom is -0.349 e. The van der Waals surface area contributed by atoms with Crippen molar-refractivity contribution in [2.75, 3.05) is 0 Å². The number of hydrogen-bond donors (Lipinski definition) is 2. The molecule has 3 N–H and O–H groups in total. The third-order valence-corrected chi connectivity index (χ3v) is 3.14. The van der Waals surface area contributed by atoms with Gasteiger partial charge in [-0.3, -0.25) is 4.79 Å². The van der Waals surface area contributed by atoms with Gasteiger partial charge < -0.3 is 15.6 Å². The first kappa shape index (κ1) is 19.1. The maximum Gasteiger partial charge on any atom is 0.221 e. The van der Waals surface area contributed by atoms with Gasteiger partial charge in [-0.2, -0.15) is 0 Å². The molecule has 1 aliphatic rings. The van der Waals surface area contributed by atoms with Crippen LogP contribution in [0.25, 0.3) is 0 Å². The molecule has 1 amide bonds. The van der Waals surface area contributed by atoms with Crippen molar-refractivity contribution in [1.82, 2.24) is 20.1 Å². The van der Waals surface area contributed by atoms with Crippen molar-refractivity contribution in [3.63, 3.8) is 0 Å². The fourth-order valence-corrected chi connectivity index (χ4v) is 2.22. The van der Waals surface area contributed by atoms with Gasteiger partial charge in [0.05, 0.1) is 6.54 Å². The predicted octanol–water partition coefficient (Wildman–Crippen LogP) is 1.20. The first-order valence-corrected chi connectivity index (χ1v) is 6.60. The van der Waals surface area contributed by atoms with Crippen molar-refractivity contribution in [3.8, 4) is 0 Å². The van der Waals surface area contributed by atoms with Gasteiger partial charge in [0, 0.05) is 25.4 Å². The molecule has 1 aromatic heterocycles. The van der Waals surface area contributed by atoms with Crippen LogP contribution in [0.5, 0.6) is 0 Å². The number of fused-ring (bicyclic) bond motifs is 1. The lowest BCUT2D eigenvalue weighted by atomic mass is 10.2. The molecule has 0 aliphatic carbocycles. The van der Waals surface area contributed by atoms with E-state index in [1.54, 1.807) is 0 Å². The van der Waals surface area contributed by atoms with Crippen LogP contribution in [-0.2, 0) is 24.3 Å². The second kappa shape index (κ2) is 9.15. The number of rotatable bonds is 4. The summed E-state index contributed by atoms with van der Waals surface area (Å²) in [5, 5.41) is 11.2. The Balaban J connectivity index is 0.00000180. The molecule has 0 spiro atoms. The quantitative estimate of drug-likeness (QED) is 0.871. The first-order chi connectivity index (χ1) is 8.66. The molecule has 0 fully saturated rings. The average molecular weight is 324 g/mol. The molecule has 1 unspecified atom stereocenters. The van der Waals surface area contributed by atoms with Crippen molar-refractivity contribution in [1.29, 1.82) is 0 Å². The number of aromatic nitrogens is 3. The second-order valence-electron chi connectivity index (χ2n) is 4.95. The Morgan fingerprint density at radius 1 is 1.35 bits per heavy atom. The van der Waals surface area contributed by atoms with Crippen LogP contribution in [0, 0.1) is 0 Å². The fourth-order valence-electron chi connectivity index (χ4n) is 2.22. The third kappa shape index (κ3) is 5.26. The highest BCUT2D eigenvalue weighted by Crippen LogP contribution is 2.14. The van der Waals surface area contributed by atoms with Gasteiger partial charge in [0.1, 0.15) is 5.82 Å². The number of halogens is 2. The summed E-state index contributed by atoms with van der Waals surface area (Å²) < 4.78 is 2.14. The maximum atomic E-state index is 11.5. The van der Waals surface area contributed by atoms with Crippen LogP contribution in [-0.4, -0.2) is 26.7 Å². The molecular formula is C12H23Cl2N5O. The molecule has 1 aromatic rings. The first-order valence-electron chi connectivity index (χ1n) is 6.60. The summed E-state index contributed by atoms with van der Waals surface area (Å²) >= 11 is 0. The standard InChI is InChI=1S/C12H21N5O.2ClH/c1-9(13)7-12(18)14-8-11-16-15-10-5-3-2-4-6-17(10)11;;/h9H,2-8,13H2,1H3,(H,14,18);2*1H. The molecule has 0 radical (unpaired) electrons. The van der Waals surface area contributed by atoms with Crippen molar-refractivity contribution in [3.05, 3.63) is 11.6 Å². The summed E-state index contributed by atoms with van der Waals surface area (Å²) in [4.78, 5) is 11.5. The summed E-state index contributed by atoms with van der Waals surface area (Å²) in [5.41, 5.74) is 5.58. The molecule has 116 valence electrons. The Bertz CT molecular complexity index is 422. The Hall–Kier alpha value is -0.850. The SMILES string of the molecule is CC(N)CC(=O)NCc1nnc2n1CCCCC2.Cl.Cl. The summed E-state index contributed by atoms with van der Waals surface area (Å²) in [6, 6.07) is -0.111. The third-order valence-electron chi connectivity index (χ3n) is 3.14. The van der Waals surface area contributed by atoms with Gasteiger partial charge in [-0.15, -0.1) is 35.0 Å². The second-order valence-corrected chi connectivity index (χ2v) is 4.95. The molecule has 2 heterocycles. The predicted molar refractivity (Wildman–Crippen MR) is 82.2 cm³/mol. The Morgan fingerprint density at radius 3 is 2.80 bits per heavy atom. The lowest BCUT2D eigenvalue weighted by molar-refractivity contribution is -0.121. The molecule has 1 aliphatic heterocycles. The van der Waals surface area contributed by atoms with Crippen LogP contribution in [0.3, 0.4) is 0 Å². The van der Waals surface area contributed by atoms with E-state index in [2.05, 4.69) is 20.1 Å². The van der Waals surface area contributed by atoms with Crippen LogP contribution < -0.4 is 11.1 Å². The zero-order valence-electron chi connectivity index (χ0n) is 11.7. The van der Waals surface area contributed by atoms with Crippen LogP contribution in [0.4, 0.5) is 0 Å². The minimum atomic E-state index is -0.111. The number of aryl methyl sites for hydroxylation is 1. The fraction of sp³-hybridized carbons (Fsp3) is 0.750. The van der Waals surface area contributed by atoms with Gasteiger partial charge in [-0.25, -0.2) is 0 Å². The normalized spacial score (nSPS) is 15.1. The lowest BCUT2D eigenvalue weighted by Crippen LogP contribution is -2.30. The van der Waals surface area contributed by atoms with Crippen molar-refractivity contribution < 1.29 is 4.79 Å². The van der Waals surface area contributed by atoms with Crippen LogP contribution >= 0.6 is 24.8 Å². The van der Waals surface area contributed by atoms with E-state index in [1.807, 2.05) is 6.92 Å². The largest absolute Gasteiger partial charge is 0.349 e. The van der Waals surface area contributed by atoms with Gasteiger partial charge in [0.15, 0.2) is 5.82 Å². The Kier molecular flexibility index (Phi) is 8.76. The van der Waals surface area contributed by atoms with Gasteiger partial charge in [-0.1, -0.05) is 6.42 Å². The van der Waals surface area contributed by atoms with Crippen LogP contribution in [0.15, 0.2) is 0 Å². The smallest absolute Gasteiger partial charge is 0.221 e.